The molecule has 0 saturated heterocycles. The van der Waals surface area contributed by atoms with Crippen LogP contribution in [0.25, 0.3) is 0 Å². The number of hydrogen-bond donors (Lipinski definition) is 3. The lowest BCUT2D eigenvalue weighted by Gasteiger charge is -2.15. The molecule has 1 atom stereocenters. The van der Waals surface area contributed by atoms with Crippen LogP contribution >= 0.6 is 0 Å². The van der Waals surface area contributed by atoms with Crippen LogP contribution in [0.4, 0.5) is 10.6 Å². The summed E-state index contributed by atoms with van der Waals surface area (Å²) in [6.07, 6.45) is 2.72. The second kappa shape index (κ2) is 8.02. The molecule has 0 aliphatic heterocycles. The van der Waals surface area contributed by atoms with Gasteiger partial charge in [0.15, 0.2) is 5.82 Å². The predicted octanol–water partition coefficient (Wildman–Crippen LogP) is 2.89. The molecule has 21 heavy (non-hydrogen) atoms. The monoisotopic (exact) mass is 297 g/mol. The lowest BCUT2D eigenvalue weighted by Crippen LogP contribution is -2.33. The van der Waals surface area contributed by atoms with Crippen LogP contribution < -0.4 is 10.6 Å². The van der Waals surface area contributed by atoms with Gasteiger partial charge in [0.05, 0.1) is 0 Å². The third kappa shape index (κ3) is 6.16. The second-order valence-corrected chi connectivity index (χ2v) is 6.33. The van der Waals surface area contributed by atoms with Crippen LogP contribution in [-0.2, 0) is 5.41 Å². The van der Waals surface area contributed by atoms with Gasteiger partial charge in [-0.2, -0.15) is 0 Å². The maximum Gasteiger partial charge on any atom is 0.320 e. The van der Waals surface area contributed by atoms with Gasteiger partial charge < -0.3 is 14.9 Å². The molecular weight excluding hydrogens is 270 g/mol. The number of aromatic nitrogens is 1. The van der Waals surface area contributed by atoms with Crippen LogP contribution in [0.15, 0.2) is 10.6 Å². The summed E-state index contributed by atoms with van der Waals surface area (Å²) in [6.45, 7) is 8.83. The van der Waals surface area contributed by atoms with Crippen molar-refractivity contribution in [1.29, 1.82) is 0 Å². The molecule has 6 nitrogen and oxygen atoms in total. The fraction of sp³-hybridized carbons (Fsp3) is 0.733. The molecule has 3 N–H and O–H groups in total. The molecule has 0 aromatic carbocycles. The van der Waals surface area contributed by atoms with Gasteiger partial charge >= 0.3 is 6.03 Å². The maximum atomic E-state index is 11.8. The number of urea groups is 1. The summed E-state index contributed by atoms with van der Waals surface area (Å²) in [7, 11) is 0. The number of aliphatic hydroxyl groups is 1. The molecule has 1 unspecified atom stereocenters. The van der Waals surface area contributed by atoms with Crippen molar-refractivity contribution in [2.45, 2.75) is 52.4 Å². The molecule has 0 spiro atoms. The highest BCUT2D eigenvalue weighted by atomic mass is 16.5. The highest BCUT2D eigenvalue weighted by Crippen LogP contribution is 2.24. The quantitative estimate of drug-likeness (QED) is 0.722. The van der Waals surface area contributed by atoms with Crippen LogP contribution in [0.2, 0.25) is 0 Å². The normalized spacial score (nSPS) is 13.0. The molecule has 6 heteroatoms. The maximum absolute atomic E-state index is 11.8. The van der Waals surface area contributed by atoms with Gasteiger partial charge in [0.2, 0.25) is 0 Å². The molecule has 1 aromatic heterocycles. The van der Waals surface area contributed by atoms with Gasteiger partial charge in [-0.1, -0.05) is 39.3 Å². The Morgan fingerprint density at radius 3 is 2.67 bits per heavy atom. The Balaban J connectivity index is 2.44. The molecule has 0 fully saturated rings. The Morgan fingerprint density at radius 2 is 2.14 bits per heavy atom. The smallest absolute Gasteiger partial charge is 0.320 e. The van der Waals surface area contributed by atoms with Crippen molar-refractivity contribution < 1.29 is 14.4 Å². The third-order valence-corrected chi connectivity index (χ3v) is 3.28. The van der Waals surface area contributed by atoms with E-state index in [1.807, 2.05) is 20.8 Å². The van der Waals surface area contributed by atoms with Crippen molar-refractivity contribution in [3.05, 3.63) is 11.8 Å². The van der Waals surface area contributed by atoms with Crippen LogP contribution in [0.1, 0.15) is 52.7 Å². The van der Waals surface area contributed by atoms with Gasteiger partial charge in [-0.25, -0.2) is 4.79 Å². The van der Waals surface area contributed by atoms with Crippen molar-refractivity contribution in [3.8, 4) is 0 Å². The molecule has 0 aliphatic carbocycles. The summed E-state index contributed by atoms with van der Waals surface area (Å²) >= 11 is 0. The van der Waals surface area contributed by atoms with E-state index in [1.165, 1.54) is 0 Å². The topological polar surface area (TPSA) is 87.4 Å². The van der Waals surface area contributed by atoms with Crippen molar-refractivity contribution in [2.24, 2.45) is 5.92 Å². The number of amides is 2. The third-order valence-electron chi connectivity index (χ3n) is 3.28. The Morgan fingerprint density at radius 1 is 1.43 bits per heavy atom. The Kier molecular flexibility index (Phi) is 6.68. The van der Waals surface area contributed by atoms with Crippen molar-refractivity contribution in [3.63, 3.8) is 0 Å². The minimum atomic E-state index is -0.303. The zero-order valence-electron chi connectivity index (χ0n) is 13.4. The first kappa shape index (κ1) is 17.5. The first-order valence-corrected chi connectivity index (χ1v) is 7.49. The minimum Gasteiger partial charge on any atom is -0.396 e. The second-order valence-electron chi connectivity index (χ2n) is 6.33. The van der Waals surface area contributed by atoms with E-state index >= 15 is 0 Å². The van der Waals surface area contributed by atoms with Crippen LogP contribution in [-0.4, -0.2) is 29.4 Å². The van der Waals surface area contributed by atoms with Gasteiger partial charge in [-0.05, 0) is 18.8 Å². The number of rotatable bonds is 7. The Labute approximate surface area is 126 Å². The van der Waals surface area contributed by atoms with Crippen molar-refractivity contribution in [1.82, 2.24) is 10.5 Å². The fourth-order valence-corrected chi connectivity index (χ4v) is 2.02. The standard InChI is InChI=1S/C15H27N3O3/c1-5-6-11(7-8-19)10-16-14(20)17-13-9-12(21-18-13)15(2,3)4/h9,11,19H,5-8,10H2,1-4H3,(H2,16,17,18,20). The van der Waals surface area contributed by atoms with E-state index < -0.39 is 0 Å². The molecular formula is C15H27N3O3. The molecule has 120 valence electrons. The average Bonchev–Trinajstić information content (AvgIpc) is 2.85. The highest BCUT2D eigenvalue weighted by molar-refractivity contribution is 5.88. The molecule has 1 rings (SSSR count). The lowest BCUT2D eigenvalue weighted by molar-refractivity contribution is 0.236. The van der Waals surface area contributed by atoms with E-state index in [4.69, 9.17) is 9.63 Å². The number of aliphatic hydroxyl groups excluding tert-OH is 1. The minimum absolute atomic E-state index is 0.142. The Bertz CT molecular complexity index is 432. The van der Waals surface area contributed by atoms with E-state index in [1.54, 1.807) is 6.07 Å². The lowest BCUT2D eigenvalue weighted by atomic mass is 9.93. The first-order chi connectivity index (χ1) is 9.86. The zero-order chi connectivity index (χ0) is 15.9. The van der Waals surface area contributed by atoms with E-state index in [-0.39, 0.29) is 18.1 Å². The fourth-order valence-electron chi connectivity index (χ4n) is 2.02. The molecule has 0 radical (unpaired) electrons. The van der Waals surface area contributed by atoms with Crippen LogP contribution in [0.3, 0.4) is 0 Å². The van der Waals surface area contributed by atoms with Crippen LogP contribution in [0, 0.1) is 5.92 Å². The summed E-state index contributed by atoms with van der Waals surface area (Å²) in [5, 5.41) is 18.3. The van der Waals surface area contributed by atoms with E-state index in [0.29, 0.717) is 24.7 Å². The molecule has 1 heterocycles. The van der Waals surface area contributed by atoms with E-state index in [9.17, 15) is 4.79 Å². The summed E-state index contributed by atoms with van der Waals surface area (Å²) in [6, 6.07) is 1.43. The van der Waals surface area contributed by atoms with E-state index in [2.05, 4.69) is 22.7 Å². The number of carbonyl (C=O) groups excluding carboxylic acids is 1. The molecule has 2 amide bonds. The number of nitrogens with zero attached hydrogens (tertiary/aromatic N) is 1. The van der Waals surface area contributed by atoms with Gasteiger partial charge in [0, 0.05) is 24.6 Å². The average molecular weight is 297 g/mol. The highest BCUT2D eigenvalue weighted by Gasteiger charge is 2.20. The number of nitrogens with one attached hydrogen (secondary N) is 2. The molecule has 0 aliphatic rings. The summed E-state index contributed by atoms with van der Waals surface area (Å²) in [5.41, 5.74) is -0.142. The summed E-state index contributed by atoms with van der Waals surface area (Å²) in [4.78, 5) is 11.8. The largest absolute Gasteiger partial charge is 0.396 e. The van der Waals surface area contributed by atoms with Gasteiger partial charge in [0.1, 0.15) is 5.76 Å². The number of anilines is 1. The first-order valence-electron chi connectivity index (χ1n) is 7.49. The van der Waals surface area contributed by atoms with Gasteiger partial charge in [-0.15, -0.1) is 0 Å². The zero-order valence-corrected chi connectivity index (χ0v) is 13.4. The predicted molar refractivity (Wildman–Crippen MR) is 82.3 cm³/mol. The van der Waals surface area contributed by atoms with Gasteiger partial charge in [-0.3, -0.25) is 5.32 Å². The Hall–Kier alpha value is -1.56. The summed E-state index contributed by atoms with van der Waals surface area (Å²) in [5.74, 6) is 1.43. The SMILES string of the molecule is CCCC(CCO)CNC(=O)Nc1cc(C(C)(C)C)on1. The number of carbonyl (C=O) groups is 1. The molecule has 0 bridgehead atoms. The van der Waals surface area contributed by atoms with Crippen molar-refractivity contribution in [2.75, 3.05) is 18.5 Å². The van der Waals surface area contributed by atoms with Gasteiger partial charge in [0.25, 0.3) is 0 Å². The summed E-state index contributed by atoms with van der Waals surface area (Å²) < 4.78 is 5.21. The van der Waals surface area contributed by atoms with E-state index in [0.717, 1.165) is 18.6 Å². The molecule has 0 saturated carbocycles. The number of hydrogen-bond acceptors (Lipinski definition) is 4. The van der Waals surface area contributed by atoms with Crippen LogP contribution in [0.5, 0.6) is 0 Å². The van der Waals surface area contributed by atoms with Crippen molar-refractivity contribution >= 4 is 11.8 Å². The molecule has 1 aromatic rings.